The number of amides is 2. The summed E-state index contributed by atoms with van der Waals surface area (Å²) in [6, 6.07) is 0.195. The molecule has 92 valence electrons. The SMILES string of the molecule is CCC1(N)CN(C(=O)N2CCCC(C)C2)C1. The Kier molecular flexibility index (Phi) is 3.10. The summed E-state index contributed by atoms with van der Waals surface area (Å²) in [4.78, 5) is 16.0. The van der Waals surface area contributed by atoms with Gasteiger partial charge in [-0.1, -0.05) is 13.8 Å². The van der Waals surface area contributed by atoms with Gasteiger partial charge in [0.1, 0.15) is 0 Å². The third-order valence-electron chi connectivity index (χ3n) is 3.91. The van der Waals surface area contributed by atoms with E-state index in [9.17, 15) is 4.79 Å². The fraction of sp³-hybridized carbons (Fsp3) is 0.917. The lowest BCUT2D eigenvalue weighted by Gasteiger charge is -2.49. The highest BCUT2D eigenvalue weighted by Crippen LogP contribution is 2.24. The van der Waals surface area contributed by atoms with Crippen LogP contribution in [-0.4, -0.2) is 47.5 Å². The van der Waals surface area contributed by atoms with Crippen molar-refractivity contribution in [2.24, 2.45) is 11.7 Å². The van der Waals surface area contributed by atoms with Crippen LogP contribution >= 0.6 is 0 Å². The summed E-state index contributed by atoms with van der Waals surface area (Å²) in [5.74, 6) is 0.646. The Labute approximate surface area is 97.8 Å². The van der Waals surface area contributed by atoms with Crippen LogP contribution in [0.15, 0.2) is 0 Å². The molecule has 2 heterocycles. The van der Waals surface area contributed by atoms with Crippen LogP contribution in [-0.2, 0) is 0 Å². The lowest BCUT2D eigenvalue weighted by Crippen LogP contribution is -2.70. The van der Waals surface area contributed by atoms with Crippen LogP contribution in [0.25, 0.3) is 0 Å². The highest BCUT2D eigenvalue weighted by Gasteiger charge is 2.42. The molecule has 2 aliphatic heterocycles. The number of hydrogen-bond donors (Lipinski definition) is 1. The van der Waals surface area contributed by atoms with Gasteiger partial charge in [0, 0.05) is 26.2 Å². The molecule has 0 aromatic carbocycles. The Morgan fingerprint density at radius 3 is 2.69 bits per heavy atom. The number of carbonyl (C=O) groups is 1. The number of urea groups is 1. The summed E-state index contributed by atoms with van der Waals surface area (Å²) in [7, 11) is 0. The zero-order valence-corrected chi connectivity index (χ0v) is 10.4. The van der Waals surface area contributed by atoms with Crippen LogP contribution in [0, 0.1) is 5.92 Å². The Balaban J connectivity index is 1.85. The quantitative estimate of drug-likeness (QED) is 0.730. The Morgan fingerprint density at radius 2 is 2.12 bits per heavy atom. The number of carbonyl (C=O) groups excluding carboxylic acids is 1. The number of nitrogens with two attached hydrogens (primary N) is 1. The highest BCUT2D eigenvalue weighted by atomic mass is 16.2. The van der Waals surface area contributed by atoms with Gasteiger partial charge in [-0.3, -0.25) is 0 Å². The highest BCUT2D eigenvalue weighted by molar-refractivity contribution is 5.76. The zero-order chi connectivity index (χ0) is 11.8. The van der Waals surface area contributed by atoms with Crippen molar-refractivity contribution in [2.45, 2.75) is 38.6 Å². The third-order valence-corrected chi connectivity index (χ3v) is 3.91. The number of rotatable bonds is 1. The van der Waals surface area contributed by atoms with Gasteiger partial charge in [0.15, 0.2) is 0 Å². The Morgan fingerprint density at radius 1 is 1.44 bits per heavy atom. The lowest BCUT2D eigenvalue weighted by molar-refractivity contribution is 0.0610. The minimum atomic E-state index is -0.114. The van der Waals surface area contributed by atoms with Crippen molar-refractivity contribution in [3.63, 3.8) is 0 Å². The average molecular weight is 225 g/mol. The number of likely N-dealkylation sites (tertiary alicyclic amines) is 2. The van der Waals surface area contributed by atoms with Crippen LogP contribution in [0.3, 0.4) is 0 Å². The van der Waals surface area contributed by atoms with Gasteiger partial charge < -0.3 is 15.5 Å². The maximum Gasteiger partial charge on any atom is 0.320 e. The Bertz CT molecular complexity index is 273. The molecular weight excluding hydrogens is 202 g/mol. The second-order valence-corrected chi connectivity index (χ2v) is 5.55. The van der Waals surface area contributed by atoms with E-state index < -0.39 is 0 Å². The number of piperidine rings is 1. The first-order valence-electron chi connectivity index (χ1n) is 6.37. The van der Waals surface area contributed by atoms with E-state index in [0.717, 1.165) is 39.0 Å². The summed E-state index contributed by atoms with van der Waals surface area (Å²) in [6.45, 7) is 7.60. The first-order valence-corrected chi connectivity index (χ1v) is 6.37. The molecule has 16 heavy (non-hydrogen) atoms. The fourth-order valence-corrected chi connectivity index (χ4v) is 2.64. The van der Waals surface area contributed by atoms with Crippen molar-refractivity contribution in [1.82, 2.24) is 9.80 Å². The summed E-state index contributed by atoms with van der Waals surface area (Å²) in [6.07, 6.45) is 3.34. The standard InChI is InChI=1S/C12H23N3O/c1-3-12(13)8-15(9-12)11(16)14-6-4-5-10(2)7-14/h10H,3-9,13H2,1-2H3. The monoisotopic (exact) mass is 225 g/mol. The first kappa shape index (κ1) is 11.7. The predicted molar refractivity (Wildman–Crippen MR) is 64.1 cm³/mol. The second kappa shape index (κ2) is 4.24. The van der Waals surface area contributed by atoms with Gasteiger partial charge in [-0.25, -0.2) is 4.79 Å². The van der Waals surface area contributed by atoms with E-state index in [1.54, 1.807) is 0 Å². The third kappa shape index (κ3) is 2.17. The second-order valence-electron chi connectivity index (χ2n) is 5.55. The van der Waals surface area contributed by atoms with Crippen molar-refractivity contribution < 1.29 is 4.79 Å². The topological polar surface area (TPSA) is 49.6 Å². The maximum absolute atomic E-state index is 12.1. The van der Waals surface area contributed by atoms with Gasteiger partial charge in [-0.2, -0.15) is 0 Å². The normalized spacial score (nSPS) is 28.8. The molecule has 1 unspecified atom stereocenters. The molecule has 2 N–H and O–H groups in total. The molecule has 2 rings (SSSR count). The van der Waals surface area contributed by atoms with E-state index in [1.807, 2.05) is 9.80 Å². The van der Waals surface area contributed by atoms with E-state index in [0.29, 0.717) is 5.92 Å². The van der Waals surface area contributed by atoms with Crippen LogP contribution < -0.4 is 5.73 Å². The number of nitrogens with zero attached hydrogens (tertiary/aromatic N) is 2. The largest absolute Gasteiger partial charge is 0.324 e. The number of hydrogen-bond acceptors (Lipinski definition) is 2. The predicted octanol–water partition coefficient (Wildman–Crippen LogP) is 1.26. The van der Waals surface area contributed by atoms with Crippen LogP contribution in [0.2, 0.25) is 0 Å². The van der Waals surface area contributed by atoms with Crippen LogP contribution in [0.1, 0.15) is 33.1 Å². The molecule has 0 aliphatic carbocycles. The Hall–Kier alpha value is -0.770. The molecule has 2 amide bonds. The summed E-state index contributed by atoms with van der Waals surface area (Å²) in [5, 5.41) is 0. The summed E-state index contributed by atoms with van der Waals surface area (Å²) in [5.41, 5.74) is 5.96. The van der Waals surface area contributed by atoms with Crippen LogP contribution in [0.5, 0.6) is 0 Å². The fourth-order valence-electron chi connectivity index (χ4n) is 2.64. The van der Waals surface area contributed by atoms with Crippen molar-refractivity contribution in [2.75, 3.05) is 26.2 Å². The minimum Gasteiger partial charge on any atom is -0.324 e. The molecule has 1 atom stereocenters. The van der Waals surface area contributed by atoms with Crippen molar-refractivity contribution >= 4 is 6.03 Å². The van der Waals surface area contributed by atoms with Gasteiger partial charge >= 0.3 is 6.03 Å². The smallest absolute Gasteiger partial charge is 0.320 e. The average Bonchev–Trinajstić information content (AvgIpc) is 2.24. The van der Waals surface area contributed by atoms with E-state index >= 15 is 0 Å². The molecule has 0 spiro atoms. The molecule has 0 saturated carbocycles. The molecule has 2 saturated heterocycles. The molecule has 0 aromatic heterocycles. The molecule has 0 radical (unpaired) electrons. The molecule has 2 fully saturated rings. The zero-order valence-electron chi connectivity index (χ0n) is 10.4. The molecule has 2 aliphatic rings. The van der Waals surface area contributed by atoms with E-state index in [2.05, 4.69) is 13.8 Å². The van der Waals surface area contributed by atoms with Crippen molar-refractivity contribution in [3.8, 4) is 0 Å². The van der Waals surface area contributed by atoms with Gasteiger partial charge in [-0.05, 0) is 25.2 Å². The van der Waals surface area contributed by atoms with Crippen molar-refractivity contribution in [1.29, 1.82) is 0 Å². The van der Waals surface area contributed by atoms with Gasteiger partial charge in [0.2, 0.25) is 0 Å². The van der Waals surface area contributed by atoms with E-state index in [4.69, 9.17) is 5.73 Å². The minimum absolute atomic E-state index is 0.114. The van der Waals surface area contributed by atoms with Gasteiger partial charge in [0.05, 0.1) is 5.54 Å². The lowest BCUT2D eigenvalue weighted by atomic mass is 9.88. The maximum atomic E-state index is 12.1. The van der Waals surface area contributed by atoms with E-state index in [1.165, 1.54) is 6.42 Å². The molecular formula is C12H23N3O. The first-order chi connectivity index (χ1) is 7.54. The molecule has 0 aromatic rings. The molecule has 4 nitrogen and oxygen atoms in total. The summed E-state index contributed by atoms with van der Waals surface area (Å²) >= 11 is 0. The summed E-state index contributed by atoms with van der Waals surface area (Å²) < 4.78 is 0. The van der Waals surface area contributed by atoms with Crippen LogP contribution in [0.4, 0.5) is 4.79 Å². The van der Waals surface area contributed by atoms with Gasteiger partial charge in [0.25, 0.3) is 0 Å². The van der Waals surface area contributed by atoms with Crippen molar-refractivity contribution in [3.05, 3.63) is 0 Å². The molecule has 4 heteroatoms. The molecule has 0 bridgehead atoms. The van der Waals surface area contributed by atoms with Gasteiger partial charge in [-0.15, -0.1) is 0 Å². The van der Waals surface area contributed by atoms with E-state index in [-0.39, 0.29) is 11.6 Å².